The van der Waals surface area contributed by atoms with Crippen LogP contribution < -0.4 is 0 Å². The Labute approximate surface area is 321 Å². The van der Waals surface area contributed by atoms with Crippen LogP contribution in [-0.2, 0) is 0 Å². The van der Waals surface area contributed by atoms with Gasteiger partial charge in [-0.25, -0.2) is 15.0 Å². The van der Waals surface area contributed by atoms with Crippen LogP contribution in [0.2, 0.25) is 0 Å². The summed E-state index contributed by atoms with van der Waals surface area (Å²) in [7, 11) is 0. The van der Waals surface area contributed by atoms with E-state index in [1.54, 1.807) is 0 Å². The van der Waals surface area contributed by atoms with E-state index in [1.807, 2.05) is 36.5 Å². The number of hydrogen-bond acceptors (Lipinski definition) is 4. The third-order valence-electron chi connectivity index (χ3n) is 9.87. The third kappa shape index (κ3) is 7.35. The van der Waals surface area contributed by atoms with E-state index in [2.05, 4.69) is 176 Å². The minimum atomic E-state index is 0.607. The molecule has 7 aromatic carbocycles. The molecular weight excluding hydrogens is 669 g/mol. The van der Waals surface area contributed by atoms with Crippen LogP contribution in [0.3, 0.4) is 0 Å². The Balaban J connectivity index is 1.20. The standard InChI is InChI=1S/C51H36N4/c1-35-18-20-40(21-19-35)45-32-46(43-15-10-16-44(31-43)48-17-8-9-30-52-48)34-47(33-45)51-54-49(41-26-22-38(23-27-41)36-11-4-2-5-12-36)53-50(55-51)42-28-24-39(25-29-42)37-13-6-3-7-14-37/h2-34H,1H3. The van der Waals surface area contributed by atoms with Gasteiger partial charge in [0, 0.05) is 28.5 Å². The molecule has 0 aliphatic heterocycles. The van der Waals surface area contributed by atoms with E-state index >= 15 is 0 Å². The molecule has 0 bridgehead atoms. The average molecular weight is 705 g/mol. The van der Waals surface area contributed by atoms with Crippen molar-refractivity contribution in [1.82, 2.24) is 19.9 Å². The van der Waals surface area contributed by atoms with Gasteiger partial charge >= 0.3 is 0 Å². The Morgan fingerprint density at radius 2 is 0.655 bits per heavy atom. The lowest BCUT2D eigenvalue weighted by Crippen LogP contribution is -2.01. The van der Waals surface area contributed by atoms with Crippen molar-refractivity contribution in [3.8, 4) is 89.9 Å². The van der Waals surface area contributed by atoms with Gasteiger partial charge < -0.3 is 0 Å². The van der Waals surface area contributed by atoms with Gasteiger partial charge in [-0.05, 0) is 87.8 Å². The quantitative estimate of drug-likeness (QED) is 0.158. The van der Waals surface area contributed by atoms with Gasteiger partial charge in [-0.1, -0.05) is 163 Å². The fourth-order valence-electron chi connectivity index (χ4n) is 6.88. The van der Waals surface area contributed by atoms with E-state index in [9.17, 15) is 0 Å². The van der Waals surface area contributed by atoms with Gasteiger partial charge in [-0.2, -0.15) is 0 Å². The average Bonchev–Trinajstić information content (AvgIpc) is 3.27. The van der Waals surface area contributed by atoms with Crippen molar-refractivity contribution in [2.75, 3.05) is 0 Å². The van der Waals surface area contributed by atoms with E-state index in [-0.39, 0.29) is 0 Å². The number of aromatic nitrogens is 4. The molecule has 0 saturated heterocycles. The molecule has 0 aliphatic rings. The van der Waals surface area contributed by atoms with Gasteiger partial charge in [0.05, 0.1) is 5.69 Å². The van der Waals surface area contributed by atoms with Crippen molar-refractivity contribution in [2.24, 2.45) is 0 Å². The molecule has 9 aromatic rings. The number of rotatable bonds is 8. The first-order chi connectivity index (χ1) is 27.1. The zero-order valence-electron chi connectivity index (χ0n) is 30.3. The summed E-state index contributed by atoms with van der Waals surface area (Å²) in [6.07, 6.45) is 1.83. The molecule has 0 unspecified atom stereocenters. The monoisotopic (exact) mass is 704 g/mol. The van der Waals surface area contributed by atoms with Gasteiger partial charge in [0.2, 0.25) is 0 Å². The molecule has 0 amide bonds. The summed E-state index contributed by atoms with van der Waals surface area (Å²) in [5.41, 5.74) is 14.9. The van der Waals surface area contributed by atoms with Crippen LogP contribution in [0.5, 0.6) is 0 Å². The van der Waals surface area contributed by atoms with Crippen LogP contribution in [0.25, 0.3) is 89.9 Å². The van der Waals surface area contributed by atoms with Crippen molar-refractivity contribution in [3.63, 3.8) is 0 Å². The Morgan fingerprint density at radius 3 is 1.20 bits per heavy atom. The maximum absolute atomic E-state index is 5.18. The lowest BCUT2D eigenvalue weighted by molar-refractivity contribution is 1.07. The fourth-order valence-corrected chi connectivity index (χ4v) is 6.88. The van der Waals surface area contributed by atoms with Crippen molar-refractivity contribution >= 4 is 0 Å². The van der Waals surface area contributed by atoms with Crippen LogP contribution in [0, 0.1) is 6.92 Å². The van der Waals surface area contributed by atoms with E-state index < -0.39 is 0 Å². The largest absolute Gasteiger partial charge is 0.256 e. The molecule has 0 fully saturated rings. The maximum Gasteiger partial charge on any atom is 0.164 e. The van der Waals surface area contributed by atoms with E-state index in [0.29, 0.717) is 17.5 Å². The first-order valence-electron chi connectivity index (χ1n) is 18.5. The first-order valence-corrected chi connectivity index (χ1v) is 18.5. The number of benzene rings is 7. The second kappa shape index (κ2) is 15.0. The Kier molecular flexibility index (Phi) is 9.13. The predicted octanol–water partition coefficient (Wildman–Crippen LogP) is 12.9. The predicted molar refractivity (Wildman–Crippen MR) is 226 cm³/mol. The SMILES string of the molecule is Cc1ccc(-c2cc(-c3cccc(-c4ccccn4)c3)cc(-c3nc(-c4ccc(-c5ccccc5)cc4)nc(-c4ccc(-c5ccccc5)cc4)n3)c2)cc1. The highest BCUT2D eigenvalue weighted by molar-refractivity contribution is 5.82. The summed E-state index contributed by atoms with van der Waals surface area (Å²) in [5, 5.41) is 0. The molecule has 0 aliphatic carbocycles. The third-order valence-corrected chi connectivity index (χ3v) is 9.87. The highest BCUT2D eigenvalue weighted by Gasteiger charge is 2.16. The van der Waals surface area contributed by atoms with Crippen LogP contribution in [0.1, 0.15) is 5.56 Å². The Morgan fingerprint density at radius 1 is 0.273 bits per heavy atom. The van der Waals surface area contributed by atoms with Crippen molar-refractivity contribution < 1.29 is 0 Å². The van der Waals surface area contributed by atoms with Crippen molar-refractivity contribution in [2.45, 2.75) is 6.92 Å². The summed E-state index contributed by atoms with van der Waals surface area (Å²) in [6, 6.07) is 67.6. The second-order valence-corrected chi connectivity index (χ2v) is 13.7. The molecule has 2 aromatic heterocycles. The van der Waals surface area contributed by atoms with Gasteiger partial charge in [0.25, 0.3) is 0 Å². The summed E-state index contributed by atoms with van der Waals surface area (Å²) in [6.45, 7) is 2.11. The normalized spacial score (nSPS) is 11.0. The highest BCUT2D eigenvalue weighted by Crippen LogP contribution is 2.35. The number of hydrogen-bond donors (Lipinski definition) is 0. The summed E-state index contributed by atoms with van der Waals surface area (Å²) >= 11 is 0. The molecule has 260 valence electrons. The Hall–Kier alpha value is -7.30. The fraction of sp³-hybridized carbons (Fsp3) is 0.0196. The molecule has 9 rings (SSSR count). The van der Waals surface area contributed by atoms with Crippen LogP contribution in [0.15, 0.2) is 200 Å². The van der Waals surface area contributed by atoms with Gasteiger partial charge in [-0.3, -0.25) is 4.98 Å². The maximum atomic E-state index is 5.18. The molecule has 0 radical (unpaired) electrons. The van der Waals surface area contributed by atoms with Gasteiger partial charge in [0.15, 0.2) is 17.5 Å². The lowest BCUT2D eigenvalue weighted by atomic mass is 9.94. The van der Waals surface area contributed by atoms with Gasteiger partial charge in [0.1, 0.15) is 0 Å². The molecule has 4 nitrogen and oxygen atoms in total. The summed E-state index contributed by atoms with van der Waals surface area (Å²) in [4.78, 5) is 20.1. The molecule has 4 heteroatoms. The number of aryl methyl sites for hydroxylation is 1. The molecule has 2 heterocycles. The molecule has 0 atom stereocenters. The highest BCUT2D eigenvalue weighted by atomic mass is 15.0. The van der Waals surface area contributed by atoms with Crippen LogP contribution in [-0.4, -0.2) is 19.9 Å². The summed E-state index contributed by atoms with van der Waals surface area (Å²) in [5.74, 6) is 1.84. The minimum absolute atomic E-state index is 0.607. The van der Waals surface area contributed by atoms with Crippen LogP contribution in [0.4, 0.5) is 0 Å². The van der Waals surface area contributed by atoms with E-state index in [0.717, 1.165) is 72.5 Å². The number of nitrogens with zero attached hydrogens (tertiary/aromatic N) is 4. The van der Waals surface area contributed by atoms with Crippen LogP contribution >= 0.6 is 0 Å². The second-order valence-electron chi connectivity index (χ2n) is 13.7. The Bertz CT molecular complexity index is 2610. The smallest absolute Gasteiger partial charge is 0.164 e. The number of pyridine rings is 1. The van der Waals surface area contributed by atoms with E-state index in [4.69, 9.17) is 15.0 Å². The lowest BCUT2D eigenvalue weighted by Gasteiger charge is -2.13. The van der Waals surface area contributed by atoms with Crippen molar-refractivity contribution in [3.05, 3.63) is 206 Å². The minimum Gasteiger partial charge on any atom is -0.256 e. The molecule has 0 spiro atoms. The molecule has 55 heavy (non-hydrogen) atoms. The van der Waals surface area contributed by atoms with Gasteiger partial charge in [-0.15, -0.1) is 0 Å². The molecule has 0 saturated carbocycles. The van der Waals surface area contributed by atoms with E-state index in [1.165, 1.54) is 5.56 Å². The molecular formula is C51H36N4. The molecule has 0 N–H and O–H groups in total. The zero-order valence-corrected chi connectivity index (χ0v) is 30.3. The van der Waals surface area contributed by atoms with Crippen molar-refractivity contribution in [1.29, 1.82) is 0 Å². The first kappa shape index (κ1) is 33.5. The topological polar surface area (TPSA) is 51.6 Å². The summed E-state index contributed by atoms with van der Waals surface area (Å²) < 4.78 is 0. The zero-order chi connectivity index (χ0) is 37.0.